The summed E-state index contributed by atoms with van der Waals surface area (Å²) in [6, 6.07) is 15.2. The summed E-state index contributed by atoms with van der Waals surface area (Å²) in [6.07, 6.45) is 4.81. The molecule has 0 atom stereocenters. The summed E-state index contributed by atoms with van der Waals surface area (Å²) in [7, 11) is 1.54. The third kappa shape index (κ3) is 3.62. The largest absolute Gasteiger partial charge is 0.481 e. The summed E-state index contributed by atoms with van der Waals surface area (Å²) < 4.78 is 6.83. The Kier molecular flexibility index (Phi) is 4.49. The minimum absolute atomic E-state index is 0.257. The van der Waals surface area contributed by atoms with E-state index in [2.05, 4.69) is 20.4 Å². The van der Waals surface area contributed by atoms with E-state index in [-0.39, 0.29) is 5.91 Å². The highest BCUT2D eigenvalue weighted by Crippen LogP contribution is 2.17. The first-order valence-corrected chi connectivity index (χ1v) is 8.40. The molecule has 4 rings (SSSR count). The van der Waals surface area contributed by atoms with Gasteiger partial charge >= 0.3 is 0 Å². The van der Waals surface area contributed by atoms with Gasteiger partial charge in [-0.05, 0) is 17.7 Å². The van der Waals surface area contributed by atoms with E-state index in [9.17, 15) is 4.79 Å². The van der Waals surface area contributed by atoms with Gasteiger partial charge in [0.15, 0.2) is 5.65 Å². The lowest BCUT2D eigenvalue weighted by Crippen LogP contribution is -2.12. The fourth-order valence-electron chi connectivity index (χ4n) is 2.75. The Balaban J connectivity index is 1.53. The molecule has 1 N–H and O–H groups in total. The molecule has 0 bridgehead atoms. The van der Waals surface area contributed by atoms with Gasteiger partial charge in [0.25, 0.3) is 5.91 Å². The van der Waals surface area contributed by atoms with Crippen LogP contribution in [0.15, 0.2) is 67.1 Å². The predicted molar refractivity (Wildman–Crippen MR) is 102 cm³/mol. The van der Waals surface area contributed by atoms with Crippen LogP contribution in [0, 0.1) is 0 Å². The van der Waals surface area contributed by atoms with Gasteiger partial charge < -0.3 is 10.1 Å². The van der Waals surface area contributed by atoms with Gasteiger partial charge in [-0.2, -0.15) is 5.10 Å². The zero-order chi connectivity index (χ0) is 18.6. The molecule has 0 spiro atoms. The Bertz CT molecular complexity index is 1070. The molecule has 7 heteroatoms. The molecule has 0 aliphatic carbocycles. The van der Waals surface area contributed by atoms with E-state index >= 15 is 0 Å². The smallest absolute Gasteiger partial charge is 0.257 e. The van der Waals surface area contributed by atoms with Crippen LogP contribution >= 0.6 is 0 Å². The number of carbonyl (C=O) groups excluding carboxylic acids is 1. The molecule has 1 aromatic carbocycles. The van der Waals surface area contributed by atoms with E-state index in [4.69, 9.17) is 4.74 Å². The van der Waals surface area contributed by atoms with Crippen LogP contribution in [0.25, 0.3) is 11.0 Å². The molecule has 0 aliphatic rings. The third-order valence-electron chi connectivity index (χ3n) is 4.12. The van der Waals surface area contributed by atoms with Crippen molar-refractivity contribution in [1.82, 2.24) is 19.7 Å². The first-order chi connectivity index (χ1) is 13.2. The van der Waals surface area contributed by atoms with Gasteiger partial charge in [0.2, 0.25) is 5.88 Å². The van der Waals surface area contributed by atoms with Crippen molar-refractivity contribution in [3.05, 3.63) is 78.2 Å². The molecule has 7 nitrogen and oxygen atoms in total. The maximum absolute atomic E-state index is 12.5. The molecule has 0 unspecified atom stereocenters. The van der Waals surface area contributed by atoms with Crippen LogP contribution in [-0.4, -0.2) is 32.8 Å². The topological polar surface area (TPSA) is 81.9 Å². The number of hydrogen-bond acceptors (Lipinski definition) is 5. The lowest BCUT2D eigenvalue weighted by Gasteiger charge is -2.06. The van der Waals surface area contributed by atoms with Crippen LogP contribution < -0.4 is 10.1 Å². The summed E-state index contributed by atoms with van der Waals surface area (Å²) in [5.41, 5.74) is 2.91. The molecule has 3 aromatic heterocycles. The number of amides is 1. The second-order valence-corrected chi connectivity index (χ2v) is 5.97. The van der Waals surface area contributed by atoms with Crippen molar-refractivity contribution in [1.29, 1.82) is 0 Å². The van der Waals surface area contributed by atoms with Crippen LogP contribution in [0.2, 0.25) is 0 Å². The van der Waals surface area contributed by atoms with Gasteiger partial charge in [0.1, 0.15) is 0 Å². The molecule has 0 aliphatic heterocycles. The fourth-order valence-corrected chi connectivity index (χ4v) is 2.75. The third-order valence-corrected chi connectivity index (χ3v) is 4.12. The minimum Gasteiger partial charge on any atom is -0.481 e. The van der Waals surface area contributed by atoms with Crippen LogP contribution in [0.1, 0.15) is 15.9 Å². The highest BCUT2D eigenvalue weighted by atomic mass is 16.5. The molecule has 4 aromatic rings. The van der Waals surface area contributed by atoms with Crippen molar-refractivity contribution in [3.63, 3.8) is 0 Å². The molecular formula is C20H17N5O2. The normalized spacial score (nSPS) is 10.7. The molecule has 1 amide bonds. The van der Waals surface area contributed by atoms with Crippen molar-refractivity contribution in [2.75, 3.05) is 12.4 Å². The lowest BCUT2D eigenvalue weighted by molar-refractivity contribution is 0.102. The molecule has 0 saturated carbocycles. The number of pyridine rings is 2. The number of ether oxygens (including phenoxy) is 1. The molecule has 0 saturated heterocycles. The number of nitrogens with one attached hydrogen (secondary N) is 1. The van der Waals surface area contributed by atoms with Gasteiger partial charge in [0, 0.05) is 17.6 Å². The quantitative estimate of drug-likeness (QED) is 0.592. The highest BCUT2D eigenvalue weighted by molar-refractivity contribution is 6.05. The average Bonchev–Trinajstić information content (AvgIpc) is 3.11. The average molecular weight is 359 g/mol. The standard InChI is InChI=1S/C20H17N5O2/c1-27-18-8-7-17(12-21-18)24-20(26)16-9-15-11-23-25(19(15)22-10-16)13-14-5-3-2-4-6-14/h2-12H,13H2,1H3,(H,24,26). The number of aromatic nitrogens is 4. The van der Waals surface area contributed by atoms with Gasteiger partial charge in [-0.1, -0.05) is 30.3 Å². The number of methoxy groups -OCH3 is 1. The number of anilines is 1. The first-order valence-electron chi connectivity index (χ1n) is 8.40. The molecule has 0 radical (unpaired) electrons. The number of benzene rings is 1. The van der Waals surface area contributed by atoms with Gasteiger partial charge in [-0.3, -0.25) is 4.79 Å². The summed E-state index contributed by atoms with van der Waals surface area (Å²) in [5.74, 6) is 0.231. The Morgan fingerprint density at radius 2 is 1.93 bits per heavy atom. The number of hydrogen-bond donors (Lipinski definition) is 1. The van der Waals surface area contributed by atoms with Crippen LogP contribution in [0.3, 0.4) is 0 Å². The summed E-state index contributed by atoms with van der Waals surface area (Å²) in [4.78, 5) is 21.0. The van der Waals surface area contributed by atoms with Crippen LogP contribution in [0.4, 0.5) is 5.69 Å². The number of nitrogens with zero attached hydrogens (tertiary/aromatic N) is 4. The van der Waals surface area contributed by atoms with Crippen molar-refractivity contribution >= 4 is 22.6 Å². The van der Waals surface area contributed by atoms with E-state index < -0.39 is 0 Å². The monoisotopic (exact) mass is 359 g/mol. The fraction of sp³-hybridized carbons (Fsp3) is 0.100. The second kappa shape index (κ2) is 7.25. The summed E-state index contributed by atoms with van der Waals surface area (Å²) >= 11 is 0. The van der Waals surface area contributed by atoms with Crippen LogP contribution in [-0.2, 0) is 6.54 Å². The zero-order valence-electron chi connectivity index (χ0n) is 14.7. The summed E-state index contributed by atoms with van der Waals surface area (Å²) in [6.45, 7) is 0.625. The number of carbonyl (C=O) groups is 1. The minimum atomic E-state index is -0.257. The predicted octanol–water partition coefficient (Wildman–Crippen LogP) is 3.14. The van der Waals surface area contributed by atoms with Gasteiger partial charge in [0.05, 0.1) is 37.3 Å². The van der Waals surface area contributed by atoms with Crippen molar-refractivity contribution < 1.29 is 9.53 Å². The van der Waals surface area contributed by atoms with E-state index in [0.717, 1.165) is 16.6 Å². The maximum Gasteiger partial charge on any atom is 0.257 e. The van der Waals surface area contributed by atoms with Gasteiger partial charge in [-0.15, -0.1) is 0 Å². The van der Waals surface area contributed by atoms with Crippen molar-refractivity contribution in [3.8, 4) is 5.88 Å². The molecular weight excluding hydrogens is 342 g/mol. The van der Waals surface area contributed by atoms with E-state index in [1.807, 2.05) is 35.0 Å². The van der Waals surface area contributed by atoms with Crippen molar-refractivity contribution in [2.24, 2.45) is 0 Å². The zero-order valence-corrected chi connectivity index (χ0v) is 14.7. The SMILES string of the molecule is COc1ccc(NC(=O)c2cnc3c(cnn3Cc3ccccc3)c2)cn1. The number of fused-ring (bicyclic) bond motifs is 1. The lowest BCUT2D eigenvalue weighted by atomic mass is 10.2. The number of rotatable bonds is 5. The molecule has 3 heterocycles. The maximum atomic E-state index is 12.5. The molecule has 27 heavy (non-hydrogen) atoms. The molecule has 134 valence electrons. The van der Waals surface area contributed by atoms with Crippen LogP contribution in [0.5, 0.6) is 5.88 Å². The highest BCUT2D eigenvalue weighted by Gasteiger charge is 2.11. The second-order valence-electron chi connectivity index (χ2n) is 5.97. The summed E-state index contributed by atoms with van der Waals surface area (Å²) in [5, 5.41) is 8.00. The van der Waals surface area contributed by atoms with E-state index in [0.29, 0.717) is 23.7 Å². The van der Waals surface area contributed by atoms with E-state index in [1.54, 1.807) is 43.9 Å². The Morgan fingerprint density at radius 3 is 2.67 bits per heavy atom. The van der Waals surface area contributed by atoms with Crippen molar-refractivity contribution in [2.45, 2.75) is 6.54 Å². The Labute approximate surface area is 155 Å². The Hall–Kier alpha value is -3.74. The molecule has 0 fully saturated rings. The van der Waals surface area contributed by atoms with Gasteiger partial charge in [-0.25, -0.2) is 14.6 Å². The first kappa shape index (κ1) is 16.7. The Morgan fingerprint density at radius 1 is 1.07 bits per heavy atom. The van der Waals surface area contributed by atoms with E-state index in [1.165, 1.54) is 0 Å².